The molecule has 0 unspecified atom stereocenters. The fourth-order valence-corrected chi connectivity index (χ4v) is 1.52. The van der Waals surface area contributed by atoms with E-state index in [1.807, 2.05) is 12.1 Å². The Morgan fingerprint density at radius 2 is 2.20 bits per heavy atom. The molecule has 0 fully saturated rings. The quantitative estimate of drug-likeness (QED) is 0.651. The molecule has 0 heterocycles. The fourth-order valence-electron chi connectivity index (χ4n) is 1.04. The van der Waals surface area contributed by atoms with E-state index in [4.69, 9.17) is 16.2 Å². The van der Waals surface area contributed by atoms with Crippen LogP contribution in [-0.2, 0) is 0 Å². The lowest BCUT2D eigenvalue weighted by atomic mass is 10.3. The molecule has 0 atom stereocenters. The Labute approximate surface area is 97.4 Å². The van der Waals surface area contributed by atoms with Crippen LogP contribution in [0.3, 0.4) is 0 Å². The van der Waals surface area contributed by atoms with E-state index in [9.17, 15) is 0 Å². The Morgan fingerprint density at radius 1 is 1.47 bits per heavy atom. The average molecular weight is 272 g/mol. The first-order valence-corrected chi connectivity index (χ1v) is 5.44. The molecule has 1 aromatic carbocycles. The standard InChI is InChI=1S/C10H14BrN3O/c1-2-5-15-9-4-3-7(6-8(9)11)14-10(12)13/h3-4,6H,2,5H2,1H3,(H4,12,13,14). The number of halogens is 1. The maximum atomic E-state index is 5.49. The number of nitrogens with zero attached hydrogens (tertiary/aromatic N) is 1. The molecule has 0 spiro atoms. The predicted molar refractivity (Wildman–Crippen MR) is 65.4 cm³/mol. The van der Waals surface area contributed by atoms with Gasteiger partial charge in [0.1, 0.15) is 5.75 Å². The van der Waals surface area contributed by atoms with Crippen molar-refractivity contribution in [3.63, 3.8) is 0 Å². The Hall–Kier alpha value is -1.23. The molecule has 0 amide bonds. The van der Waals surface area contributed by atoms with E-state index < -0.39 is 0 Å². The van der Waals surface area contributed by atoms with Gasteiger partial charge in [-0.3, -0.25) is 0 Å². The van der Waals surface area contributed by atoms with E-state index in [0.717, 1.165) is 16.6 Å². The van der Waals surface area contributed by atoms with Crippen LogP contribution >= 0.6 is 15.9 Å². The molecule has 0 aliphatic heterocycles. The number of hydrogen-bond acceptors (Lipinski definition) is 2. The molecular formula is C10H14BrN3O. The second-order valence-electron chi connectivity index (χ2n) is 3.00. The summed E-state index contributed by atoms with van der Waals surface area (Å²) in [4.78, 5) is 3.93. The molecule has 4 nitrogen and oxygen atoms in total. The Kier molecular flexibility index (Phi) is 4.42. The van der Waals surface area contributed by atoms with Gasteiger partial charge in [-0.15, -0.1) is 0 Å². The predicted octanol–water partition coefficient (Wildman–Crippen LogP) is 2.14. The van der Waals surface area contributed by atoms with Gasteiger partial charge < -0.3 is 16.2 Å². The molecule has 0 saturated carbocycles. The van der Waals surface area contributed by atoms with Gasteiger partial charge in [-0.25, -0.2) is 4.99 Å². The highest BCUT2D eigenvalue weighted by molar-refractivity contribution is 9.10. The molecule has 82 valence electrons. The molecule has 4 N–H and O–H groups in total. The lowest BCUT2D eigenvalue weighted by molar-refractivity contribution is 0.315. The molecule has 0 aromatic heterocycles. The SMILES string of the molecule is CCCOc1ccc(N=C(N)N)cc1Br. The number of guanidine groups is 1. The average Bonchev–Trinajstić information content (AvgIpc) is 2.15. The van der Waals surface area contributed by atoms with E-state index in [1.165, 1.54) is 0 Å². The summed E-state index contributed by atoms with van der Waals surface area (Å²) >= 11 is 3.39. The van der Waals surface area contributed by atoms with Crippen molar-refractivity contribution in [1.82, 2.24) is 0 Å². The summed E-state index contributed by atoms with van der Waals surface area (Å²) in [7, 11) is 0. The topological polar surface area (TPSA) is 73.6 Å². The number of rotatable bonds is 4. The van der Waals surface area contributed by atoms with Crippen LogP contribution in [0.15, 0.2) is 27.7 Å². The van der Waals surface area contributed by atoms with Crippen molar-refractivity contribution in [1.29, 1.82) is 0 Å². The minimum absolute atomic E-state index is 0.0455. The molecule has 5 heteroatoms. The van der Waals surface area contributed by atoms with Crippen molar-refractivity contribution in [3.05, 3.63) is 22.7 Å². The molecule has 0 radical (unpaired) electrons. The van der Waals surface area contributed by atoms with Crippen LogP contribution in [0.4, 0.5) is 5.69 Å². The third kappa shape index (κ3) is 3.79. The number of nitrogens with two attached hydrogens (primary N) is 2. The molecule has 0 aliphatic rings. The minimum atomic E-state index is 0.0455. The van der Waals surface area contributed by atoms with Crippen molar-refractivity contribution in [3.8, 4) is 5.75 Å². The number of aliphatic imine (C=N–C) groups is 1. The van der Waals surface area contributed by atoms with Crippen LogP contribution in [0.2, 0.25) is 0 Å². The highest BCUT2D eigenvalue weighted by Gasteiger charge is 2.01. The van der Waals surface area contributed by atoms with E-state index in [2.05, 4.69) is 27.8 Å². The van der Waals surface area contributed by atoms with Crippen molar-refractivity contribution >= 4 is 27.6 Å². The molecule has 0 saturated heterocycles. The summed E-state index contributed by atoms with van der Waals surface area (Å²) in [6.45, 7) is 2.75. The van der Waals surface area contributed by atoms with Gasteiger partial charge in [-0.05, 0) is 40.5 Å². The fraction of sp³-hybridized carbons (Fsp3) is 0.300. The van der Waals surface area contributed by atoms with Gasteiger partial charge in [0.2, 0.25) is 0 Å². The maximum Gasteiger partial charge on any atom is 0.191 e. The van der Waals surface area contributed by atoms with Gasteiger partial charge in [0.05, 0.1) is 16.8 Å². The van der Waals surface area contributed by atoms with Gasteiger partial charge in [0.25, 0.3) is 0 Å². The second kappa shape index (κ2) is 5.60. The smallest absolute Gasteiger partial charge is 0.191 e. The molecule has 0 aliphatic carbocycles. The van der Waals surface area contributed by atoms with E-state index >= 15 is 0 Å². The molecule has 0 bridgehead atoms. The second-order valence-corrected chi connectivity index (χ2v) is 3.85. The van der Waals surface area contributed by atoms with Crippen LogP contribution in [0.5, 0.6) is 5.75 Å². The van der Waals surface area contributed by atoms with Crippen molar-refractivity contribution in [2.24, 2.45) is 16.5 Å². The van der Waals surface area contributed by atoms with E-state index in [0.29, 0.717) is 12.3 Å². The first-order chi connectivity index (χ1) is 7.13. The van der Waals surface area contributed by atoms with Crippen LogP contribution in [0.1, 0.15) is 13.3 Å². The highest BCUT2D eigenvalue weighted by Crippen LogP contribution is 2.29. The summed E-state index contributed by atoms with van der Waals surface area (Å²) in [6.07, 6.45) is 0.974. The van der Waals surface area contributed by atoms with Gasteiger partial charge in [0, 0.05) is 0 Å². The highest BCUT2D eigenvalue weighted by atomic mass is 79.9. The molecular weight excluding hydrogens is 258 g/mol. The monoisotopic (exact) mass is 271 g/mol. The number of ether oxygens (including phenoxy) is 1. The van der Waals surface area contributed by atoms with Crippen LogP contribution in [-0.4, -0.2) is 12.6 Å². The lowest BCUT2D eigenvalue weighted by Gasteiger charge is -2.07. The summed E-state index contributed by atoms with van der Waals surface area (Å²) in [5.41, 5.74) is 11.2. The van der Waals surface area contributed by atoms with Gasteiger partial charge in [-0.2, -0.15) is 0 Å². The number of hydrogen-bond donors (Lipinski definition) is 2. The lowest BCUT2D eigenvalue weighted by Crippen LogP contribution is -2.21. The van der Waals surface area contributed by atoms with Crippen molar-refractivity contribution in [2.45, 2.75) is 13.3 Å². The largest absolute Gasteiger partial charge is 0.492 e. The zero-order chi connectivity index (χ0) is 11.3. The Bertz CT molecular complexity index is 362. The van der Waals surface area contributed by atoms with Gasteiger partial charge in [0.15, 0.2) is 5.96 Å². The van der Waals surface area contributed by atoms with E-state index in [1.54, 1.807) is 6.07 Å². The normalized spacial score (nSPS) is 9.73. The maximum absolute atomic E-state index is 5.49. The van der Waals surface area contributed by atoms with Crippen LogP contribution in [0, 0.1) is 0 Å². The third-order valence-electron chi connectivity index (χ3n) is 1.64. The molecule has 1 aromatic rings. The van der Waals surface area contributed by atoms with Crippen LogP contribution < -0.4 is 16.2 Å². The summed E-state index contributed by atoms with van der Waals surface area (Å²) in [5, 5.41) is 0. The summed E-state index contributed by atoms with van der Waals surface area (Å²) < 4.78 is 6.33. The number of benzene rings is 1. The Morgan fingerprint density at radius 3 is 2.73 bits per heavy atom. The van der Waals surface area contributed by atoms with Crippen molar-refractivity contribution < 1.29 is 4.74 Å². The zero-order valence-corrected chi connectivity index (χ0v) is 10.1. The van der Waals surface area contributed by atoms with Crippen molar-refractivity contribution in [2.75, 3.05) is 6.61 Å². The summed E-state index contributed by atoms with van der Waals surface area (Å²) in [6, 6.07) is 5.45. The first-order valence-electron chi connectivity index (χ1n) is 4.65. The van der Waals surface area contributed by atoms with Gasteiger partial charge >= 0.3 is 0 Å². The first kappa shape index (κ1) is 11.8. The molecule has 1 rings (SSSR count). The van der Waals surface area contributed by atoms with Gasteiger partial charge in [-0.1, -0.05) is 6.92 Å². The Balaban J connectivity index is 2.83. The minimum Gasteiger partial charge on any atom is -0.492 e. The third-order valence-corrected chi connectivity index (χ3v) is 2.26. The van der Waals surface area contributed by atoms with Crippen LogP contribution in [0.25, 0.3) is 0 Å². The zero-order valence-electron chi connectivity index (χ0n) is 8.53. The van der Waals surface area contributed by atoms with E-state index in [-0.39, 0.29) is 5.96 Å². The molecule has 15 heavy (non-hydrogen) atoms. The summed E-state index contributed by atoms with van der Waals surface area (Å²) in [5.74, 6) is 0.843.